The predicted molar refractivity (Wildman–Crippen MR) is 46.6 cm³/mol. The van der Waals surface area contributed by atoms with E-state index in [1.165, 1.54) is 12.1 Å². The molecule has 0 aromatic heterocycles. The molecule has 1 rings (SSSR count). The van der Waals surface area contributed by atoms with Gasteiger partial charge in [0.1, 0.15) is 12.9 Å². The zero-order chi connectivity index (χ0) is 9.84. The summed E-state index contributed by atoms with van der Waals surface area (Å²) in [6.07, 6.45) is -0.714. The molecule has 3 nitrogen and oxygen atoms in total. The van der Waals surface area contributed by atoms with E-state index in [2.05, 4.69) is 17.2 Å². The molecule has 0 saturated heterocycles. The Hall–Kier alpha value is -1.58. The van der Waals surface area contributed by atoms with Crippen molar-refractivity contribution in [1.29, 1.82) is 0 Å². The Morgan fingerprint density at radius 2 is 2.31 bits per heavy atom. The van der Waals surface area contributed by atoms with E-state index in [1.807, 2.05) is 0 Å². The maximum atomic E-state index is 12.9. The van der Waals surface area contributed by atoms with Crippen LogP contribution in [0.15, 0.2) is 18.2 Å². The van der Waals surface area contributed by atoms with E-state index < -0.39 is 6.09 Å². The quantitative estimate of drug-likeness (QED) is 0.724. The Bertz CT molecular complexity index is 325. The Morgan fingerprint density at radius 1 is 1.62 bits per heavy atom. The van der Waals surface area contributed by atoms with Gasteiger partial charge in [-0.25, -0.2) is 9.18 Å². The summed E-state index contributed by atoms with van der Waals surface area (Å²) < 4.78 is 17.1. The van der Waals surface area contributed by atoms with Crippen molar-refractivity contribution < 1.29 is 13.9 Å². The highest BCUT2D eigenvalue weighted by Crippen LogP contribution is 2.17. The molecule has 0 aliphatic carbocycles. The van der Waals surface area contributed by atoms with Gasteiger partial charge in [-0.3, -0.25) is 5.32 Å². The van der Waals surface area contributed by atoms with E-state index in [0.29, 0.717) is 11.3 Å². The lowest BCUT2D eigenvalue weighted by Crippen LogP contribution is -2.11. The number of hydrogen-bond donors (Lipinski definition) is 1. The minimum atomic E-state index is -0.714. The summed E-state index contributed by atoms with van der Waals surface area (Å²) >= 11 is 0. The third-order valence-electron chi connectivity index (χ3n) is 1.64. The first-order valence-corrected chi connectivity index (χ1v) is 3.63. The standard InChI is InChI=1S/C9H9FNO2/c1-6-7(10)4-3-5-8(6)11-9(12)13-2/h3-5H,2H2,1H3,(H,11,12). The van der Waals surface area contributed by atoms with Gasteiger partial charge in [-0.2, -0.15) is 0 Å². The highest BCUT2D eigenvalue weighted by atomic mass is 19.1. The molecular weight excluding hydrogens is 173 g/mol. The third kappa shape index (κ3) is 2.18. The molecule has 0 atom stereocenters. The molecule has 69 valence electrons. The number of hydrogen-bond acceptors (Lipinski definition) is 2. The van der Waals surface area contributed by atoms with Gasteiger partial charge < -0.3 is 4.74 Å². The minimum absolute atomic E-state index is 0.368. The van der Waals surface area contributed by atoms with E-state index in [4.69, 9.17) is 0 Å². The fraction of sp³-hybridized carbons (Fsp3) is 0.111. The van der Waals surface area contributed by atoms with Crippen LogP contribution < -0.4 is 5.32 Å². The highest BCUT2D eigenvalue weighted by molar-refractivity contribution is 5.85. The number of nitrogens with one attached hydrogen (secondary N) is 1. The van der Waals surface area contributed by atoms with E-state index in [1.54, 1.807) is 13.0 Å². The molecule has 13 heavy (non-hydrogen) atoms. The van der Waals surface area contributed by atoms with Gasteiger partial charge in [-0.15, -0.1) is 0 Å². The second-order valence-corrected chi connectivity index (χ2v) is 2.47. The molecule has 0 aliphatic heterocycles. The second kappa shape index (κ2) is 3.89. The lowest BCUT2D eigenvalue weighted by molar-refractivity contribution is 0.199. The molecule has 0 fully saturated rings. The number of halogens is 1. The summed E-state index contributed by atoms with van der Waals surface area (Å²) in [6, 6.07) is 4.40. The van der Waals surface area contributed by atoms with Gasteiger partial charge in [-0.05, 0) is 19.1 Å². The summed E-state index contributed by atoms with van der Waals surface area (Å²) in [5, 5.41) is 2.34. The van der Waals surface area contributed by atoms with E-state index in [9.17, 15) is 9.18 Å². The summed E-state index contributed by atoms with van der Waals surface area (Å²) in [5.41, 5.74) is 0.751. The number of rotatable bonds is 1. The molecule has 0 heterocycles. The van der Waals surface area contributed by atoms with Crippen LogP contribution in [0.25, 0.3) is 0 Å². The van der Waals surface area contributed by atoms with E-state index in [-0.39, 0.29) is 5.82 Å². The van der Waals surface area contributed by atoms with Crippen molar-refractivity contribution >= 4 is 11.8 Å². The van der Waals surface area contributed by atoms with Gasteiger partial charge >= 0.3 is 6.09 Å². The normalized spacial score (nSPS) is 9.46. The Balaban J connectivity index is 2.89. The van der Waals surface area contributed by atoms with Crippen LogP contribution in [0.4, 0.5) is 14.9 Å². The van der Waals surface area contributed by atoms with Crippen LogP contribution in [0.5, 0.6) is 0 Å². The van der Waals surface area contributed by atoms with E-state index >= 15 is 0 Å². The van der Waals surface area contributed by atoms with Crippen molar-refractivity contribution in [1.82, 2.24) is 0 Å². The number of ether oxygens (including phenoxy) is 1. The topological polar surface area (TPSA) is 38.3 Å². The van der Waals surface area contributed by atoms with Gasteiger partial charge in [0.15, 0.2) is 0 Å². The molecule has 4 heteroatoms. The zero-order valence-electron chi connectivity index (χ0n) is 7.13. The molecule has 1 radical (unpaired) electrons. The monoisotopic (exact) mass is 182 g/mol. The maximum Gasteiger partial charge on any atom is 0.411 e. The highest BCUT2D eigenvalue weighted by Gasteiger charge is 2.06. The fourth-order valence-corrected chi connectivity index (χ4v) is 0.889. The SMILES string of the molecule is [CH2]OC(=O)Nc1cccc(F)c1C. The molecule has 0 bridgehead atoms. The van der Waals surface area contributed by atoms with Crippen molar-refractivity contribution in [2.75, 3.05) is 5.32 Å². The number of carbonyl (C=O) groups is 1. The summed E-state index contributed by atoms with van der Waals surface area (Å²) in [4.78, 5) is 10.7. The molecule has 0 spiro atoms. The minimum Gasteiger partial charge on any atom is -0.446 e. The molecule has 0 aliphatic rings. The molecule has 0 unspecified atom stereocenters. The van der Waals surface area contributed by atoms with Gasteiger partial charge in [0.2, 0.25) is 0 Å². The van der Waals surface area contributed by atoms with Crippen LogP contribution in [0.1, 0.15) is 5.56 Å². The second-order valence-electron chi connectivity index (χ2n) is 2.47. The molecule has 1 aromatic carbocycles. The first-order valence-electron chi connectivity index (χ1n) is 3.63. The van der Waals surface area contributed by atoms with E-state index in [0.717, 1.165) is 0 Å². The molecule has 0 saturated carbocycles. The lowest BCUT2D eigenvalue weighted by Gasteiger charge is -2.06. The van der Waals surface area contributed by atoms with Crippen LogP contribution in [-0.4, -0.2) is 6.09 Å². The van der Waals surface area contributed by atoms with Crippen LogP contribution in [0, 0.1) is 19.9 Å². The number of carbonyl (C=O) groups excluding carboxylic acids is 1. The third-order valence-corrected chi connectivity index (χ3v) is 1.64. The van der Waals surface area contributed by atoms with Crippen LogP contribution in [-0.2, 0) is 4.74 Å². The average Bonchev–Trinajstić information content (AvgIpc) is 2.13. The largest absolute Gasteiger partial charge is 0.446 e. The molecule has 1 aromatic rings. The average molecular weight is 182 g/mol. The first-order chi connectivity index (χ1) is 6.15. The summed E-state index contributed by atoms with van der Waals surface area (Å²) in [5.74, 6) is -0.373. The fourth-order valence-electron chi connectivity index (χ4n) is 0.889. The van der Waals surface area contributed by atoms with Crippen LogP contribution >= 0.6 is 0 Å². The van der Waals surface area contributed by atoms with Crippen molar-refractivity contribution in [3.05, 3.63) is 36.7 Å². The van der Waals surface area contributed by atoms with Crippen molar-refractivity contribution in [3.8, 4) is 0 Å². The van der Waals surface area contributed by atoms with Crippen molar-refractivity contribution in [3.63, 3.8) is 0 Å². The Labute approximate surface area is 75.5 Å². The van der Waals surface area contributed by atoms with Gasteiger partial charge in [0.05, 0.1) is 0 Å². The smallest absolute Gasteiger partial charge is 0.411 e. The Morgan fingerprint density at radius 3 is 2.92 bits per heavy atom. The number of benzene rings is 1. The van der Waals surface area contributed by atoms with Gasteiger partial charge in [0.25, 0.3) is 0 Å². The zero-order valence-corrected chi connectivity index (χ0v) is 7.13. The van der Waals surface area contributed by atoms with Crippen LogP contribution in [0.3, 0.4) is 0 Å². The summed E-state index contributed by atoms with van der Waals surface area (Å²) in [7, 11) is 2.93. The van der Waals surface area contributed by atoms with Crippen molar-refractivity contribution in [2.45, 2.75) is 6.92 Å². The van der Waals surface area contributed by atoms with Gasteiger partial charge in [-0.1, -0.05) is 6.07 Å². The Kier molecular flexibility index (Phi) is 2.84. The molecule has 1 amide bonds. The van der Waals surface area contributed by atoms with Crippen LogP contribution in [0.2, 0.25) is 0 Å². The van der Waals surface area contributed by atoms with Crippen molar-refractivity contribution in [2.24, 2.45) is 0 Å². The predicted octanol–water partition coefficient (Wildman–Crippen LogP) is 2.47. The lowest BCUT2D eigenvalue weighted by atomic mass is 10.2. The molecular formula is C9H9FNO2. The van der Waals surface area contributed by atoms with Gasteiger partial charge in [0, 0.05) is 11.3 Å². The molecule has 1 N–H and O–H groups in total. The number of anilines is 1. The number of amides is 1. The first kappa shape index (κ1) is 9.51. The maximum absolute atomic E-state index is 12.9. The summed E-state index contributed by atoms with van der Waals surface area (Å²) in [6.45, 7) is 1.56.